The van der Waals surface area contributed by atoms with Crippen molar-refractivity contribution >= 4 is 11.6 Å². The molecule has 20 heavy (non-hydrogen) atoms. The van der Waals surface area contributed by atoms with Crippen LogP contribution in [0.15, 0.2) is 18.2 Å². The van der Waals surface area contributed by atoms with E-state index in [1.807, 2.05) is 4.90 Å². The molecule has 1 fully saturated rings. The van der Waals surface area contributed by atoms with E-state index >= 15 is 0 Å². The molecule has 2 N–H and O–H groups in total. The second-order valence-electron chi connectivity index (χ2n) is 6.26. The highest BCUT2D eigenvalue weighted by molar-refractivity contribution is 5.96. The van der Waals surface area contributed by atoms with Gasteiger partial charge in [0.1, 0.15) is 0 Å². The van der Waals surface area contributed by atoms with Gasteiger partial charge in [-0.3, -0.25) is 4.79 Å². The Morgan fingerprint density at radius 2 is 2.20 bits per heavy atom. The van der Waals surface area contributed by atoms with E-state index in [-0.39, 0.29) is 5.92 Å². The molecule has 1 aliphatic heterocycles. The zero-order chi connectivity index (χ0) is 14.1. The van der Waals surface area contributed by atoms with Crippen molar-refractivity contribution in [1.82, 2.24) is 0 Å². The smallest absolute Gasteiger partial charge is 0.230 e. The van der Waals surface area contributed by atoms with Crippen LogP contribution in [0.1, 0.15) is 36.8 Å². The molecule has 3 nitrogen and oxygen atoms in total. The van der Waals surface area contributed by atoms with E-state index in [1.165, 1.54) is 11.1 Å². The van der Waals surface area contributed by atoms with Gasteiger partial charge in [-0.2, -0.15) is 0 Å². The van der Waals surface area contributed by atoms with Crippen LogP contribution >= 0.6 is 0 Å². The molecule has 0 saturated heterocycles. The third-order valence-corrected chi connectivity index (χ3v) is 4.90. The number of rotatable bonds is 2. The SMILES string of the molecule is Cc1ccc2c(c1)CCCN2C(=O)C1CCCC1CN. The Morgan fingerprint density at radius 3 is 3.00 bits per heavy atom. The molecule has 0 radical (unpaired) electrons. The summed E-state index contributed by atoms with van der Waals surface area (Å²) in [5, 5.41) is 0. The van der Waals surface area contributed by atoms with Crippen molar-refractivity contribution in [3.05, 3.63) is 29.3 Å². The molecule has 1 aliphatic carbocycles. The standard InChI is InChI=1S/C17H24N2O/c1-12-7-8-16-13(10-12)5-3-9-19(16)17(20)15-6-2-4-14(15)11-18/h7-8,10,14-15H,2-6,9,11,18H2,1H3. The highest BCUT2D eigenvalue weighted by Crippen LogP contribution is 2.36. The van der Waals surface area contributed by atoms with Crippen molar-refractivity contribution in [2.75, 3.05) is 18.0 Å². The van der Waals surface area contributed by atoms with Crippen molar-refractivity contribution in [2.45, 2.75) is 39.0 Å². The predicted molar refractivity (Wildman–Crippen MR) is 81.7 cm³/mol. The van der Waals surface area contributed by atoms with Crippen LogP contribution in [0.25, 0.3) is 0 Å². The minimum Gasteiger partial charge on any atom is -0.330 e. The van der Waals surface area contributed by atoms with Crippen LogP contribution in [0.3, 0.4) is 0 Å². The van der Waals surface area contributed by atoms with Crippen molar-refractivity contribution in [1.29, 1.82) is 0 Å². The normalized spacial score (nSPS) is 25.6. The molecule has 1 saturated carbocycles. The molecule has 0 spiro atoms. The van der Waals surface area contributed by atoms with Gasteiger partial charge < -0.3 is 10.6 Å². The molecule has 2 atom stereocenters. The summed E-state index contributed by atoms with van der Waals surface area (Å²) in [6.07, 6.45) is 5.43. The van der Waals surface area contributed by atoms with Gasteiger partial charge in [0.25, 0.3) is 0 Å². The molecule has 1 aromatic rings. The fraction of sp³-hybridized carbons (Fsp3) is 0.588. The number of carbonyl (C=O) groups excluding carboxylic acids is 1. The molecule has 3 rings (SSSR count). The number of nitrogens with zero attached hydrogens (tertiary/aromatic N) is 1. The van der Waals surface area contributed by atoms with E-state index < -0.39 is 0 Å². The maximum Gasteiger partial charge on any atom is 0.230 e. The first kappa shape index (κ1) is 13.6. The number of nitrogens with two attached hydrogens (primary N) is 1. The maximum absolute atomic E-state index is 12.9. The summed E-state index contributed by atoms with van der Waals surface area (Å²) >= 11 is 0. The quantitative estimate of drug-likeness (QED) is 0.899. The maximum atomic E-state index is 12.9. The zero-order valence-corrected chi connectivity index (χ0v) is 12.3. The summed E-state index contributed by atoms with van der Waals surface area (Å²) in [6, 6.07) is 6.46. The van der Waals surface area contributed by atoms with Crippen molar-refractivity contribution < 1.29 is 4.79 Å². The lowest BCUT2D eigenvalue weighted by Gasteiger charge is -2.33. The fourth-order valence-corrected chi connectivity index (χ4v) is 3.80. The van der Waals surface area contributed by atoms with Gasteiger partial charge in [0.05, 0.1) is 0 Å². The lowest BCUT2D eigenvalue weighted by molar-refractivity contribution is -0.123. The monoisotopic (exact) mass is 272 g/mol. The largest absolute Gasteiger partial charge is 0.330 e. The summed E-state index contributed by atoms with van der Waals surface area (Å²) in [4.78, 5) is 14.9. The van der Waals surface area contributed by atoms with E-state index in [4.69, 9.17) is 5.73 Å². The number of hydrogen-bond donors (Lipinski definition) is 1. The van der Waals surface area contributed by atoms with Crippen LogP contribution in [0.4, 0.5) is 5.69 Å². The molecule has 3 heteroatoms. The number of aryl methyl sites for hydroxylation is 2. The second-order valence-corrected chi connectivity index (χ2v) is 6.26. The van der Waals surface area contributed by atoms with Gasteiger partial charge in [0.2, 0.25) is 5.91 Å². The molecule has 2 aliphatic rings. The van der Waals surface area contributed by atoms with Crippen LogP contribution in [-0.2, 0) is 11.2 Å². The first-order chi connectivity index (χ1) is 9.70. The van der Waals surface area contributed by atoms with Crippen LogP contribution in [0, 0.1) is 18.8 Å². The van der Waals surface area contributed by atoms with Gasteiger partial charge in [-0.15, -0.1) is 0 Å². The van der Waals surface area contributed by atoms with Gasteiger partial charge in [-0.1, -0.05) is 24.1 Å². The highest BCUT2D eigenvalue weighted by Gasteiger charge is 2.36. The summed E-state index contributed by atoms with van der Waals surface area (Å²) in [5.41, 5.74) is 9.57. The number of fused-ring (bicyclic) bond motifs is 1. The summed E-state index contributed by atoms with van der Waals surface area (Å²) < 4.78 is 0. The van der Waals surface area contributed by atoms with Crippen molar-refractivity contribution in [3.63, 3.8) is 0 Å². The Bertz CT molecular complexity index is 512. The highest BCUT2D eigenvalue weighted by atomic mass is 16.2. The average molecular weight is 272 g/mol. The zero-order valence-electron chi connectivity index (χ0n) is 12.3. The number of benzene rings is 1. The topological polar surface area (TPSA) is 46.3 Å². The number of hydrogen-bond acceptors (Lipinski definition) is 2. The Hall–Kier alpha value is -1.35. The third kappa shape index (κ3) is 2.35. The molecule has 1 heterocycles. The lowest BCUT2D eigenvalue weighted by atomic mass is 9.92. The van der Waals surface area contributed by atoms with Gasteiger partial charge in [0, 0.05) is 18.2 Å². The average Bonchev–Trinajstić information content (AvgIpc) is 2.94. The van der Waals surface area contributed by atoms with Crippen LogP contribution in [0.2, 0.25) is 0 Å². The van der Waals surface area contributed by atoms with Crippen LogP contribution in [-0.4, -0.2) is 19.0 Å². The summed E-state index contributed by atoms with van der Waals surface area (Å²) in [5.74, 6) is 0.841. The van der Waals surface area contributed by atoms with Crippen LogP contribution < -0.4 is 10.6 Å². The van der Waals surface area contributed by atoms with Gasteiger partial charge in [-0.25, -0.2) is 0 Å². The Kier molecular flexibility index (Phi) is 3.79. The number of anilines is 1. The molecule has 0 bridgehead atoms. The third-order valence-electron chi connectivity index (χ3n) is 4.90. The van der Waals surface area contributed by atoms with E-state index in [9.17, 15) is 4.79 Å². The minimum absolute atomic E-state index is 0.146. The predicted octanol–water partition coefficient (Wildman–Crippen LogP) is 2.65. The summed E-state index contributed by atoms with van der Waals surface area (Å²) in [7, 11) is 0. The first-order valence-corrected chi connectivity index (χ1v) is 7.81. The van der Waals surface area contributed by atoms with Gasteiger partial charge >= 0.3 is 0 Å². The number of carbonyl (C=O) groups is 1. The molecule has 0 aromatic heterocycles. The first-order valence-electron chi connectivity index (χ1n) is 7.81. The lowest BCUT2D eigenvalue weighted by Crippen LogP contribution is -2.41. The molecular weight excluding hydrogens is 248 g/mol. The molecular formula is C17H24N2O. The van der Waals surface area contributed by atoms with Crippen LogP contribution in [0.5, 0.6) is 0 Å². The molecule has 1 amide bonds. The summed E-state index contributed by atoms with van der Waals surface area (Å²) in [6.45, 7) is 3.62. The Labute approximate surface area is 121 Å². The van der Waals surface area contributed by atoms with E-state index in [0.29, 0.717) is 18.4 Å². The Morgan fingerprint density at radius 1 is 1.35 bits per heavy atom. The molecule has 2 unspecified atom stereocenters. The fourth-order valence-electron chi connectivity index (χ4n) is 3.80. The van der Waals surface area contributed by atoms with Gasteiger partial charge in [-0.05, 0) is 56.7 Å². The second kappa shape index (κ2) is 5.57. The molecule has 108 valence electrons. The Balaban J connectivity index is 1.87. The van der Waals surface area contributed by atoms with E-state index in [2.05, 4.69) is 25.1 Å². The van der Waals surface area contributed by atoms with Crippen molar-refractivity contribution in [3.8, 4) is 0 Å². The minimum atomic E-state index is 0.146. The van der Waals surface area contributed by atoms with Crippen molar-refractivity contribution in [2.24, 2.45) is 17.6 Å². The number of amides is 1. The van der Waals surface area contributed by atoms with E-state index in [0.717, 1.165) is 44.3 Å². The van der Waals surface area contributed by atoms with Gasteiger partial charge in [0.15, 0.2) is 0 Å². The molecule has 1 aromatic carbocycles. The van der Waals surface area contributed by atoms with E-state index in [1.54, 1.807) is 0 Å².